The fraction of sp³-hybridized carbons (Fsp3) is 0.952. The predicted molar refractivity (Wildman–Crippen MR) is 116 cm³/mol. The lowest BCUT2D eigenvalue weighted by molar-refractivity contribution is -0.154. The minimum absolute atomic E-state index is 0.0445. The lowest BCUT2D eigenvalue weighted by Gasteiger charge is -2.18. The highest BCUT2D eigenvalue weighted by Crippen LogP contribution is 2.35. The number of unbranched alkanes of at least 4 members (excludes halogenated alkanes) is 12. The molecule has 0 amide bonds. The van der Waals surface area contributed by atoms with Crippen molar-refractivity contribution in [2.75, 3.05) is 26.4 Å². The summed E-state index contributed by atoms with van der Waals surface area (Å²) in [6, 6.07) is 0. The lowest BCUT2D eigenvalue weighted by atomic mass is 10.0. The number of rotatable bonds is 22. The van der Waals surface area contributed by atoms with Crippen LogP contribution in [0.15, 0.2) is 0 Å². The molecule has 0 aliphatic heterocycles. The molecule has 0 aliphatic carbocycles. The number of esters is 1. The van der Waals surface area contributed by atoms with Gasteiger partial charge in [-0.25, -0.2) is 4.57 Å². The molecule has 0 saturated carbocycles. The van der Waals surface area contributed by atoms with Crippen molar-refractivity contribution in [2.45, 2.75) is 103 Å². The van der Waals surface area contributed by atoms with Gasteiger partial charge in [0, 0.05) is 6.42 Å². The van der Waals surface area contributed by atoms with E-state index in [2.05, 4.69) is 11.4 Å². The van der Waals surface area contributed by atoms with Gasteiger partial charge in [0.15, 0.2) is 0 Å². The first-order valence-corrected chi connectivity index (χ1v) is 13.0. The summed E-state index contributed by atoms with van der Waals surface area (Å²) in [5.41, 5.74) is 0. The van der Waals surface area contributed by atoms with Crippen molar-refractivity contribution in [3.8, 4) is 0 Å². The third-order valence-electron chi connectivity index (χ3n) is 4.75. The Balaban J connectivity index is 3.70. The molecule has 0 aromatic rings. The first kappa shape index (κ1) is 29.5. The summed E-state index contributed by atoms with van der Waals surface area (Å²) < 4.78 is 25.5. The lowest BCUT2D eigenvalue weighted by Crippen LogP contribution is -2.28. The number of phosphoric acid groups is 1. The minimum atomic E-state index is -4.65. The van der Waals surface area contributed by atoms with Gasteiger partial charge in [-0.1, -0.05) is 84.0 Å². The molecule has 9 heteroatoms. The van der Waals surface area contributed by atoms with Gasteiger partial charge in [-0.15, -0.1) is 0 Å². The highest BCUT2D eigenvalue weighted by atomic mass is 31.2. The van der Waals surface area contributed by atoms with Crippen molar-refractivity contribution >= 4 is 13.8 Å². The maximum atomic E-state index is 11.9. The Kier molecular flexibility index (Phi) is 20.1. The van der Waals surface area contributed by atoms with Gasteiger partial charge in [0.2, 0.25) is 0 Å². The van der Waals surface area contributed by atoms with Gasteiger partial charge >= 0.3 is 13.8 Å². The summed E-state index contributed by atoms with van der Waals surface area (Å²) >= 11 is 0. The maximum absolute atomic E-state index is 11.9. The highest BCUT2D eigenvalue weighted by molar-refractivity contribution is 7.46. The van der Waals surface area contributed by atoms with E-state index in [9.17, 15) is 9.36 Å². The highest BCUT2D eigenvalue weighted by Gasteiger charge is 2.21. The molecular formula is C21H43O8P. The number of phosphoric ester groups is 1. The maximum Gasteiger partial charge on any atom is 0.469 e. The molecule has 180 valence electrons. The van der Waals surface area contributed by atoms with E-state index in [-0.39, 0.29) is 26.2 Å². The summed E-state index contributed by atoms with van der Waals surface area (Å²) in [6.07, 6.45) is 15.2. The summed E-state index contributed by atoms with van der Waals surface area (Å²) in [5, 5.41) is 8.72. The Hall–Kier alpha value is -0.500. The number of aliphatic hydroxyl groups excluding tert-OH is 1. The molecule has 1 atom stereocenters. The monoisotopic (exact) mass is 454 g/mol. The minimum Gasteiger partial charge on any atom is -0.457 e. The Labute approximate surface area is 181 Å². The fourth-order valence-corrected chi connectivity index (χ4v) is 3.47. The standard InChI is InChI=1S/C21H43O8P/c1-2-3-4-5-6-7-8-9-10-11-12-13-14-15-21(23)29-20(18-27-17-16-22)19-28-30(24,25)26/h20,22H,2-19H2,1H3,(H2,24,25,26)/t20-/m1/s1. The molecule has 0 heterocycles. The molecule has 0 bridgehead atoms. The van der Waals surface area contributed by atoms with Crippen LogP contribution in [0.2, 0.25) is 0 Å². The number of aliphatic hydroxyl groups is 1. The Morgan fingerprint density at radius 2 is 1.33 bits per heavy atom. The van der Waals surface area contributed by atoms with Crippen LogP contribution in [-0.2, 0) is 23.4 Å². The molecule has 0 aromatic heterocycles. The third kappa shape index (κ3) is 22.2. The quantitative estimate of drug-likeness (QED) is 0.124. The van der Waals surface area contributed by atoms with Crippen molar-refractivity contribution in [2.24, 2.45) is 0 Å². The molecule has 3 N–H and O–H groups in total. The van der Waals surface area contributed by atoms with E-state index < -0.39 is 26.5 Å². The molecule has 0 rings (SSSR count). The van der Waals surface area contributed by atoms with Crippen LogP contribution in [0.25, 0.3) is 0 Å². The van der Waals surface area contributed by atoms with E-state index in [1.807, 2.05) is 0 Å². The average Bonchev–Trinajstić information content (AvgIpc) is 2.69. The molecule has 0 spiro atoms. The molecule has 30 heavy (non-hydrogen) atoms. The third-order valence-corrected chi connectivity index (χ3v) is 5.24. The second-order valence-electron chi connectivity index (χ2n) is 7.69. The van der Waals surface area contributed by atoms with Crippen LogP contribution in [0, 0.1) is 0 Å². The first-order valence-electron chi connectivity index (χ1n) is 11.5. The number of carbonyl (C=O) groups is 1. The van der Waals surface area contributed by atoms with Gasteiger partial charge in [-0.3, -0.25) is 9.32 Å². The number of hydrogen-bond donors (Lipinski definition) is 3. The van der Waals surface area contributed by atoms with Crippen LogP contribution < -0.4 is 0 Å². The Morgan fingerprint density at radius 1 is 0.833 bits per heavy atom. The van der Waals surface area contributed by atoms with E-state index in [4.69, 9.17) is 24.4 Å². The zero-order chi connectivity index (χ0) is 22.5. The zero-order valence-corrected chi connectivity index (χ0v) is 19.5. The van der Waals surface area contributed by atoms with Crippen LogP contribution >= 0.6 is 7.82 Å². The number of hydrogen-bond acceptors (Lipinski definition) is 6. The van der Waals surface area contributed by atoms with Gasteiger partial charge in [0.1, 0.15) is 6.10 Å². The second kappa shape index (κ2) is 20.4. The summed E-state index contributed by atoms with van der Waals surface area (Å²) in [5.74, 6) is -0.440. The Bertz CT molecular complexity index is 441. The molecular weight excluding hydrogens is 411 g/mol. The van der Waals surface area contributed by atoms with Gasteiger partial charge in [-0.2, -0.15) is 0 Å². The average molecular weight is 455 g/mol. The largest absolute Gasteiger partial charge is 0.469 e. The van der Waals surface area contributed by atoms with Gasteiger partial charge in [-0.05, 0) is 6.42 Å². The predicted octanol–water partition coefficient (Wildman–Crippen LogP) is 4.50. The van der Waals surface area contributed by atoms with Crippen LogP contribution in [0.4, 0.5) is 0 Å². The summed E-state index contributed by atoms with van der Waals surface area (Å²) in [6.45, 7) is 1.54. The van der Waals surface area contributed by atoms with E-state index in [1.165, 1.54) is 64.2 Å². The van der Waals surface area contributed by atoms with Crippen molar-refractivity contribution in [3.05, 3.63) is 0 Å². The normalized spacial score (nSPS) is 12.8. The number of ether oxygens (including phenoxy) is 2. The molecule has 8 nitrogen and oxygen atoms in total. The van der Waals surface area contributed by atoms with Crippen molar-refractivity contribution in [1.29, 1.82) is 0 Å². The van der Waals surface area contributed by atoms with Crippen LogP contribution in [-0.4, -0.2) is 53.4 Å². The van der Waals surface area contributed by atoms with Crippen molar-refractivity contribution in [3.63, 3.8) is 0 Å². The molecule has 0 fully saturated rings. The number of carbonyl (C=O) groups excluding carboxylic acids is 1. The molecule has 0 radical (unpaired) electrons. The fourth-order valence-electron chi connectivity index (χ4n) is 3.11. The zero-order valence-electron chi connectivity index (χ0n) is 18.6. The van der Waals surface area contributed by atoms with E-state index in [0.29, 0.717) is 0 Å². The molecule has 0 unspecified atom stereocenters. The smallest absolute Gasteiger partial charge is 0.457 e. The van der Waals surface area contributed by atoms with E-state index in [0.717, 1.165) is 19.3 Å². The van der Waals surface area contributed by atoms with Crippen LogP contribution in [0.5, 0.6) is 0 Å². The van der Waals surface area contributed by atoms with Gasteiger partial charge in [0.25, 0.3) is 0 Å². The van der Waals surface area contributed by atoms with Gasteiger partial charge < -0.3 is 24.4 Å². The SMILES string of the molecule is CCCCCCCCCCCCCCCC(=O)O[C@H](COCCO)COP(=O)(O)O. The van der Waals surface area contributed by atoms with Crippen LogP contribution in [0.1, 0.15) is 96.8 Å². The summed E-state index contributed by atoms with van der Waals surface area (Å²) in [7, 11) is -4.65. The molecule has 0 saturated heterocycles. The first-order chi connectivity index (χ1) is 14.4. The van der Waals surface area contributed by atoms with E-state index in [1.54, 1.807) is 0 Å². The Morgan fingerprint density at radius 3 is 1.80 bits per heavy atom. The van der Waals surface area contributed by atoms with Gasteiger partial charge in [0.05, 0.1) is 26.4 Å². The second-order valence-corrected chi connectivity index (χ2v) is 8.93. The van der Waals surface area contributed by atoms with Crippen molar-refractivity contribution < 1.29 is 38.3 Å². The topological polar surface area (TPSA) is 123 Å². The van der Waals surface area contributed by atoms with Crippen LogP contribution in [0.3, 0.4) is 0 Å². The molecule has 0 aliphatic rings. The summed E-state index contributed by atoms with van der Waals surface area (Å²) in [4.78, 5) is 29.5. The van der Waals surface area contributed by atoms with E-state index >= 15 is 0 Å². The van der Waals surface area contributed by atoms with Crippen molar-refractivity contribution in [1.82, 2.24) is 0 Å². The molecule has 0 aromatic carbocycles.